The van der Waals surface area contributed by atoms with E-state index in [0.29, 0.717) is 90.0 Å². The topological polar surface area (TPSA) is 204 Å². The fourth-order valence-electron chi connectivity index (χ4n) is 12.6. The van der Waals surface area contributed by atoms with Crippen molar-refractivity contribution in [2.75, 3.05) is 42.7 Å². The van der Waals surface area contributed by atoms with Gasteiger partial charge in [-0.3, -0.25) is 14.4 Å². The third kappa shape index (κ3) is 14.6. The smallest absolute Gasteiger partial charge is 0.200 e. The molecule has 0 unspecified atom stereocenters. The van der Waals surface area contributed by atoms with Crippen molar-refractivity contribution in [1.29, 1.82) is 0 Å². The van der Waals surface area contributed by atoms with Gasteiger partial charge < -0.3 is 58.3 Å². The fraction of sp³-hybridized carbons (Fsp3) is 0.203. The van der Waals surface area contributed by atoms with E-state index in [-0.39, 0.29) is 52.0 Å². The number of methoxy groups -OCH3 is 6. The molecule has 15 nitrogen and oxygen atoms in total. The number of benzene rings is 6. The number of allylic oxidation sites excluding steroid dienone is 9. The second kappa shape index (κ2) is 29.9. The summed E-state index contributed by atoms with van der Waals surface area (Å²) in [4.78, 5) is 43.6. The molecule has 0 radical (unpaired) electrons. The molecule has 0 aliphatic heterocycles. The van der Waals surface area contributed by atoms with Crippen molar-refractivity contribution >= 4 is 69.0 Å². The number of phenols is 3. The zero-order chi connectivity index (χ0) is 69.4. The van der Waals surface area contributed by atoms with Crippen LogP contribution in [0.5, 0.6) is 51.7 Å². The number of carbonyl (C=O) groups excluding carboxylic acids is 3. The number of nitrogens with zero attached hydrogens (tertiary/aromatic N) is 1. The van der Waals surface area contributed by atoms with Gasteiger partial charge in [0.1, 0.15) is 17.5 Å². The Morgan fingerprint density at radius 1 is 0.443 bits per heavy atom. The van der Waals surface area contributed by atoms with E-state index >= 15 is 0 Å². The van der Waals surface area contributed by atoms with E-state index in [1.807, 2.05) is 68.9 Å². The van der Waals surface area contributed by atoms with Crippen LogP contribution >= 0.6 is 0 Å². The van der Waals surface area contributed by atoms with E-state index < -0.39 is 0 Å². The molecule has 498 valence electrons. The highest BCUT2D eigenvalue weighted by Gasteiger charge is 2.29. The summed E-state index contributed by atoms with van der Waals surface area (Å²) < 4.78 is 75.8. The standard InChI is InChI=1S/C27H26FNO4.2C26H24FNO4/c1-16-19(9-10-24(30)23-6-5-11-29(23)2)22-15-18(28)7-8-20(22)21(16)12-17-13-25(32-3)27(31)26(14-17)33-4;1-15-19(6-7-23(29)17-8-9-28-14-17)22-13-18(27)4-5-20(22)21(15)10-16-11-24(31-2)26(30)25(12-16)32-3;1-15-18(8-9-23(29)22-5-4-10-28-22)21-14-17(27)6-7-19(21)20(15)11-16-12-24(31-2)26(30)25(13-16)32-3/h5-8,11-15,31H,9-10H2,1-4H3;4-5,8-14,28,30H,6-7H2,1-3H3;4-7,10-14,28,30H,8-9H2,1-3H3/b21-12-;21-10-;20-11-. The van der Waals surface area contributed by atoms with Crippen LogP contribution in [-0.4, -0.2) is 89.9 Å². The number of aromatic nitrogens is 3. The summed E-state index contributed by atoms with van der Waals surface area (Å²) >= 11 is 0. The fourth-order valence-corrected chi connectivity index (χ4v) is 12.6. The Morgan fingerprint density at radius 2 is 0.804 bits per heavy atom. The Morgan fingerprint density at radius 3 is 1.11 bits per heavy atom. The molecule has 3 aliphatic carbocycles. The van der Waals surface area contributed by atoms with Crippen molar-refractivity contribution < 1.29 is 71.3 Å². The van der Waals surface area contributed by atoms with E-state index in [1.54, 1.807) is 91.4 Å². The highest BCUT2D eigenvalue weighted by Crippen LogP contribution is 2.50. The van der Waals surface area contributed by atoms with Crippen LogP contribution in [0.15, 0.2) is 163 Å². The van der Waals surface area contributed by atoms with Crippen molar-refractivity contribution in [3.8, 4) is 51.7 Å². The molecule has 0 atom stereocenters. The molecule has 0 saturated carbocycles. The number of phenolic OH excluding ortho intramolecular Hbond substituents is 3. The van der Waals surface area contributed by atoms with Crippen LogP contribution in [0.1, 0.15) is 141 Å². The molecule has 0 amide bonds. The van der Waals surface area contributed by atoms with E-state index in [0.717, 1.165) is 100 Å². The van der Waals surface area contributed by atoms with E-state index in [1.165, 1.54) is 79.1 Å². The first-order valence-electron chi connectivity index (χ1n) is 31.2. The molecule has 9 aromatic rings. The number of hydrogen-bond donors (Lipinski definition) is 5. The zero-order valence-corrected chi connectivity index (χ0v) is 55.4. The number of nitrogens with one attached hydrogen (secondary N) is 2. The maximum absolute atomic E-state index is 14.2. The zero-order valence-electron chi connectivity index (χ0n) is 55.4. The first kappa shape index (κ1) is 68.5. The Kier molecular flexibility index (Phi) is 21.1. The van der Waals surface area contributed by atoms with E-state index in [9.17, 15) is 42.9 Å². The minimum absolute atomic E-state index is 0.0127. The maximum atomic E-state index is 14.2. The summed E-state index contributed by atoms with van der Waals surface area (Å²) in [6, 6.07) is 33.4. The van der Waals surface area contributed by atoms with Gasteiger partial charge in [0.25, 0.3) is 0 Å². The number of halogens is 3. The summed E-state index contributed by atoms with van der Waals surface area (Å²) in [6.45, 7) is 5.95. The average molecular weight is 1310 g/mol. The second-order valence-electron chi connectivity index (χ2n) is 23.3. The van der Waals surface area contributed by atoms with Gasteiger partial charge in [0.2, 0.25) is 17.2 Å². The van der Waals surface area contributed by atoms with Crippen LogP contribution in [0.4, 0.5) is 13.2 Å². The number of aromatic amines is 2. The highest BCUT2D eigenvalue weighted by atomic mass is 19.1. The van der Waals surface area contributed by atoms with Crippen LogP contribution in [0.2, 0.25) is 0 Å². The summed E-state index contributed by atoms with van der Waals surface area (Å²) in [5, 5.41) is 30.6. The number of carbonyl (C=O) groups is 3. The predicted molar refractivity (Wildman–Crippen MR) is 372 cm³/mol. The number of ketones is 3. The Hall–Kier alpha value is -11.4. The number of Topliss-reactive ketones (excluding diaryl/α,β-unsaturated/α-hetero) is 3. The molecule has 0 spiro atoms. The van der Waals surface area contributed by atoms with Gasteiger partial charge in [0.05, 0.1) is 54.0 Å². The molecule has 3 aliphatic rings. The minimum Gasteiger partial charge on any atom is -0.502 e. The molecule has 0 saturated heterocycles. The monoisotopic (exact) mass is 1310 g/mol. The number of rotatable bonds is 21. The molecule has 5 N–H and O–H groups in total. The van der Waals surface area contributed by atoms with Gasteiger partial charge >= 0.3 is 0 Å². The molecule has 97 heavy (non-hydrogen) atoms. The third-order valence-electron chi connectivity index (χ3n) is 17.7. The lowest BCUT2D eigenvalue weighted by Gasteiger charge is -2.11. The second-order valence-corrected chi connectivity index (χ2v) is 23.3. The number of fused-ring (bicyclic) bond motifs is 3. The predicted octanol–water partition coefficient (Wildman–Crippen LogP) is 17.6. The molecular weight excluding hydrogens is 1240 g/mol. The minimum atomic E-state index is -0.320. The van der Waals surface area contributed by atoms with Crippen molar-refractivity contribution in [1.82, 2.24) is 14.5 Å². The number of H-pyrrole nitrogens is 2. The van der Waals surface area contributed by atoms with Crippen LogP contribution in [0.25, 0.3) is 51.7 Å². The molecule has 0 fully saturated rings. The van der Waals surface area contributed by atoms with E-state index in [4.69, 9.17) is 28.4 Å². The number of aryl methyl sites for hydroxylation is 1. The van der Waals surface area contributed by atoms with Crippen molar-refractivity contribution in [2.45, 2.75) is 59.3 Å². The van der Waals surface area contributed by atoms with Crippen molar-refractivity contribution in [3.05, 3.63) is 247 Å². The molecule has 3 heterocycles. The van der Waals surface area contributed by atoms with Crippen LogP contribution in [0.3, 0.4) is 0 Å². The first-order chi connectivity index (χ1) is 46.7. The van der Waals surface area contributed by atoms with Gasteiger partial charge in [-0.2, -0.15) is 0 Å². The molecule has 18 heteroatoms. The Balaban J connectivity index is 0.000000158. The quantitative estimate of drug-likeness (QED) is 0.0427. The van der Waals surface area contributed by atoms with Gasteiger partial charge in [-0.05, 0) is 262 Å². The highest BCUT2D eigenvalue weighted by molar-refractivity contribution is 6.09. The van der Waals surface area contributed by atoms with Gasteiger partial charge in [-0.15, -0.1) is 0 Å². The van der Waals surface area contributed by atoms with Gasteiger partial charge in [0.15, 0.2) is 51.8 Å². The number of hydrogen-bond acceptors (Lipinski definition) is 12. The average Bonchev–Trinajstić information content (AvgIpc) is 1.66. The summed E-state index contributed by atoms with van der Waals surface area (Å²) in [5.41, 5.74) is 17.9. The molecule has 0 bridgehead atoms. The maximum Gasteiger partial charge on any atom is 0.200 e. The van der Waals surface area contributed by atoms with Crippen molar-refractivity contribution in [2.24, 2.45) is 7.05 Å². The molecule has 12 rings (SSSR count). The van der Waals surface area contributed by atoms with Crippen LogP contribution in [-0.2, 0) is 7.05 Å². The SMILES string of the molecule is COc1cc(/C=C2/C(C)=C(CCC(=O)c3cc[nH]c3)c3cc(F)ccc32)cc(OC)c1O.COc1cc(/C=C2/C(C)=C(CCC(=O)c3ccc[nH]3)c3cc(F)ccc32)cc(OC)c1O.COc1cc(/C=C2/C(C)=C(CCC(=O)c3cccn3C)c3cc(F)ccc32)cc(OC)c1O. The van der Waals surface area contributed by atoms with Crippen LogP contribution in [0, 0.1) is 17.5 Å². The van der Waals surface area contributed by atoms with Gasteiger partial charge in [-0.1, -0.05) is 18.2 Å². The Bertz CT molecular complexity index is 4440. The molecule has 6 aromatic carbocycles. The lowest BCUT2D eigenvalue weighted by Crippen LogP contribution is -2.05. The molecule has 3 aromatic heterocycles. The lowest BCUT2D eigenvalue weighted by atomic mass is 9.98. The van der Waals surface area contributed by atoms with Gasteiger partial charge in [0, 0.05) is 56.7 Å². The molecular formula is C79H74F3N3O12. The number of ether oxygens (including phenoxy) is 6. The van der Waals surface area contributed by atoms with E-state index in [2.05, 4.69) is 9.97 Å². The largest absolute Gasteiger partial charge is 0.502 e. The first-order valence-corrected chi connectivity index (χ1v) is 31.2. The third-order valence-corrected chi connectivity index (χ3v) is 17.7. The van der Waals surface area contributed by atoms with Crippen molar-refractivity contribution in [3.63, 3.8) is 0 Å². The lowest BCUT2D eigenvalue weighted by molar-refractivity contribution is 0.0970. The summed E-state index contributed by atoms with van der Waals surface area (Å²) in [7, 11) is 10.7. The summed E-state index contributed by atoms with van der Waals surface area (Å²) in [6.07, 6.45) is 15.3. The number of aromatic hydroxyl groups is 3. The van der Waals surface area contributed by atoms with Crippen LogP contribution < -0.4 is 28.4 Å². The van der Waals surface area contributed by atoms with Gasteiger partial charge in [-0.25, -0.2) is 13.2 Å². The Labute approximate surface area is 560 Å². The normalized spacial score (nSPS) is 14.1. The summed E-state index contributed by atoms with van der Waals surface area (Å²) in [5.74, 6) is 0.731.